The summed E-state index contributed by atoms with van der Waals surface area (Å²) < 4.78 is 0. The molecule has 1 heterocycles. The Labute approximate surface area is 104 Å². The smallest absolute Gasteiger partial charge is 0.249 e. The van der Waals surface area contributed by atoms with Gasteiger partial charge in [0.1, 0.15) is 18.0 Å². The minimum absolute atomic E-state index is 0.228. The van der Waals surface area contributed by atoms with Crippen LogP contribution in [0, 0.1) is 5.41 Å². The largest absolute Gasteiger partial charge is 0.409 e. The highest BCUT2D eigenvalue weighted by Crippen LogP contribution is 2.21. The van der Waals surface area contributed by atoms with Crippen LogP contribution < -0.4 is 11.1 Å². The number of amides is 3. The highest BCUT2D eigenvalue weighted by molar-refractivity contribution is 6.10. The fraction of sp³-hybridized carbons (Fsp3) is 0.600. The Hall–Kier alpha value is -2.12. The lowest BCUT2D eigenvalue weighted by Crippen LogP contribution is -2.62. The lowest BCUT2D eigenvalue weighted by atomic mass is 9.89. The Balaban J connectivity index is 3.02. The summed E-state index contributed by atoms with van der Waals surface area (Å²) in [5.74, 6) is -1.93. The molecule has 8 nitrogen and oxygen atoms in total. The van der Waals surface area contributed by atoms with Crippen LogP contribution >= 0.6 is 0 Å². The predicted molar refractivity (Wildman–Crippen MR) is 61.5 cm³/mol. The van der Waals surface area contributed by atoms with Gasteiger partial charge in [0.15, 0.2) is 5.84 Å². The first kappa shape index (κ1) is 13.9. The van der Waals surface area contributed by atoms with Crippen LogP contribution in [0.4, 0.5) is 0 Å². The maximum Gasteiger partial charge on any atom is 0.249 e. The van der Waals surface area contributed by atoms with E-state index in [1.165, 1.54) is 20.8 Å². The topological polar surface area (TPSA) is 125 Å². The maximum atomic E-state index is 12.2. The van der Waals surface area contributed by atoms with E-state index in [0.717, 1.165) is 4.90 Å². The summed E-state index contributed by atoms with van der Waals surface area (Å²) in [6.45, 7) is 4.18. The van der Waals surface area contributed by atoms with Crippen LogP contribution in [0.5, 0.6) is 0 Å². The van der Waals surface area contributed by atoms with Gasteiger partial charge in [0.05, 0.1) is 0 Å². The third-order valence-electron chi connectivity index (χ3n) is 2.97. The number of nitrogens with one attached hydrogen (secondary N) is 1. The van der Waals surface area contributed by atoms with E-state index in [1.807, 2.05) is 0 Å². The van der Waals surface area contributed by atoms with Crippen LogP contribution in [-0.2, 0) is 14.4 Å². The van der Waals surface area contributed by atoms with Crippen LogP contribution in [0.1, 0.15) is 20.8 Å². The number of nitrogens with two attached hydrogens (primary N) is 1. The minimum atomic E-state index is -1.29. The van der Waals surface area contributed by atoms with Crippen LogP contribution in [0.2, 0.25) is 0 Å². The molecule has 1 unspecified atom stereocenters. The van der Waals surface area contributed by atoms with Crippen molar-refractivity contribution in [1.82, 2.24) is 10.2 Å². The maximum absolute atomic E-state index is 12.2. The van der Waals surface area contributed by atoms with Gasteiger partial charge in [0, 0.05) is 0 Å². The first-order valence-corrected chi connectivity index (χ1v) is 5.34. The molecule has 0 bridgehead atoms. The molecular formula is C10H16N4O4. The Bertz CT molecular complexity index is 430. The SMILES string of the molecule is CC1C(=O)NC(=O)CN1C(=O)C(C)(C)C(N)=NO. The summed E-state index contributed by atoms with van der Waals surface area (Å²) in [5.41, 5.74) is 4.15. The predicted octanol–water partition coefficient (Wildman–Crippen LogP) is -1.37. The highest BCUT2D eigenvalue weighted by atomic mass is 16.4. The van der Waals surface area contributed by atoms with Gasteiger partial charge in [0.25, 0.3) is 0 Å². The summed E-state index contributed by atoms with van der Waals surface area (Å²) in [5, 5.41) is 13.6. The molecular weight excluding hydrogens is 240 g/mol. The van der Waals surface area contributed by atoms with Crippen LogP contribution in [-0.4, -0.2) is 46.3 Å². The number of amidine groups is 1. The van der Waals surface area contributed by atoms with Gasteiger partial charge in [-0.2, -0.15) is 0 Å². The number of oxime groups is 1. The standard InChI is InChI=1S/C10H16N4O4/c1-5-7(16)12-6(15)4-14(5)9(17)10(2,3)8(11)13-18/h5,18H,4H2,1-3H3,(H2,11,13)(H,12,15,16). The highest BCUT2D eigenvalue weighted by Gasteiger charge is 2.42. The zero-order valence-corrected chi connectivity index (χ0v) is 10.4. The van der Waals surface area contributed by atoms with Crippen molar-refractivity contribution in [3.8, 4) is 0 Å². The molecule has 100 valence electrons. The van der Waals surface area contributed by atoms with E-state index in [9.17, 15) is 14.4 Å². The zero-order chi connectivity index (χ0) is 14.1. The molecule has 0 aliphatic carbocycles. The molecule has 1 rings (SSSR count). The second-order valence-electron chi connectivity index (χ2n) is 4.63. The average molecular weight is 256 g/mol. The van der Waals surface area contributed by atoms with Gasteiger partial charge in [-0.05, 0) is 20.8 Å². The molecule has 1 aliphatic rings. The second-order valence-corrected chi connectivity index (χ2v) is 4.63. The van der Waals surface area contributed by atoms with Crippen molar-refractivity contribution >= 4 is 23.6 Å². The molecule has 0 aromatic carbocycles. The molecule has 0 aromatic rings. The van der Waals surface area contributed by atoms with Crippen molar-refractivity contribution in [2.24, 2.45) is 16.3 Å². The fourth-order valence-corrected chi connectivity index (χ4v) is 1.56. The zero-order valence-electron chi connectivity index (χ0n) is 10.4. The molecule has 0 radical (unpaired) electrons. The summed E-state index contributed by atoms with van der Waals surface area (Å²) in [6.07, 6.45) is 0. The number of nitrogens with zero attached hydrogens (tertiary/aromatic N) is 2. The molecule has 1 saturated heterocycles. The molecule has 4 N–H and O–H groups in total. The van der Waals surface area contributed by atoms with Crippen molar-refractivity contribution in [2.75, 3.05) is 6.54 Å². The number of imide groups is 1. The van der Waals surface area contributed by atoms with Gasteiger partial charge >= 0.3 is 0 Å². The molecule has 8 heteroatoms. The summed E-state index contributed by atoms with van der Waals surface area (Å²) in [7, 11) is 0. The molecule has 0 aromatic heterocycles. The van der Waals surface area contributed by atoms with Crippen molar-refractivity contribution < 1.29 is 19.6 Å². The number of rotatable bonds is 2. The number of piperazine rings is 1. The minimum Gasteiger partial charge on any atom is -0.409 e. The Kier molecular flexibility index (Phi) is 3.59. The number of hydrogen-bond donors (Lipinski definition) is 3. The van der Waals surface area contributed by atoms with E-state index in [4.69, 9.17) is 10.9 Å². The molecule has 1 atom stereocenters. The molecule has 1 aliphatic heterocycles. The van der Waals surface area contributed by atoms with E-state index < -0.39 is 29.2 Å². The van der Waals surface area contributed by atoms with Crippen LogP contribution in [0.25, 0.3) is 0 Å². The first-order chi connectivity index (χ1) is 8.21. The molecule has 3 amide bonds. The molecule has 0 saturated carbocycles. The Morgan fingerprint density at radius 1 is 1.56 bits per heavy atom. The molecule has 0 spiro atoms. The number of carbonyl (C=O) groups excluding carboxylic acids is 3. The molecule has 1 fully saturated rings. The van der Waals surface area contributed by atoms with Gasteiger partial charge < -0.3 is 15.8 Å². The summed E-state index contributed by atoms with van der Waals surface area (Å²) >= 11 is 0. The van der Waals surface area contributed by atoms with E-state index in [1.54, 1.807) is 0 Å². The monoisotopic (exact) mass is 256 g/mol. The number of hydrogen-bond acceptors (Lipinski definition) is 5. The first-order valence-electron chi connectivity index (χ1n) is 5.34. The fourth-order valence-electron chi connectivity index (χ4n) is 1.56. The van der Waals surface area contributed by atoms with Gasteiger partial charge in [0.2, 0.25) is 17.7 Å². The summed E-state index contributed by atoms with van der Waals surface area (Å²) in [4.78, 5) is 36.1. The lowest BCUT2D eigenvalue weighted by molar-refractivity contribution is -0.152. The van der Waals surface area contributed by atoms with Crippen molar-refractivity contribution in [3.05, 3.63) is 0 Å². The quantitative estimate of drug-likeness (QED) is 0.185. The normalized spacial score (nSPS) is 21.8. The Morgan fingerprint density at radius 2 is 2.11 bits per heavy atom. The third-order valence-corrected chi connectivity index (χ3v) is 2.97. The Morgan fingerprint density at radius 3 is 2.61 bits per heavy atom. The average Bonchev–Trinajstić information content (AvgIpc) is 2.31. The van der Waals surface area contributed by atoms with Crippen LogP contribution in [0.15, 0.2) is 5.16 Å². The number of carbonyl (C=O) groups is 3. The van der Waals surface area contributed by atoms with Crippen molar-refractivity contribution in [2.45, 2.75) is 26.8 Å². The third kappa shape index (κ3) is 2.27. The summed E-state index contributed by atoms with van der Waals surface area (Å²) in [6, 6.07) is -0.777. The van der Waals surface area contributed by atoms with E-state index in [-0.39, 0.29) is 12.4 Å². The lowest BCUT2D eigenvalue weighted by Gasteiger charge is -2.36. The van der Waals surface area contributed by atoms with E-state index >= 15 is 0 Å². The van der Waals surface area contributed by atoms with E-state index in [0.29, 0.717) is 0 Å². The van der Waals surface area contributed by atoms with Crippen molar-refractivity contribution in [1.29, 1.82) is 0 Å². The van der Waals surface area contributed by atoms with E-state index in [2.05, 4.69) is 10.5 Å². The van der Waals surface area contributed by atoms with Gasteiger partial charge in [-0.25, -0.2) is 0 Å². The van der Waals surface area contributed by atoms with Crippen LogP contribution in [0.3, 0.4) is 0 Å². The molecule has 18 heavy (non-hydrogen) atoms. The van der Waals surface area contributed by atoms with Crippen molar-refractivity contribution in [3.63, 3.8) is 0 Å². The van der Waals surface area contributed by atoms with Gasteiger partial charge in [-0.1, -0.05) is 5.16 Å². The van der Waals surface area contributed by atoms with Gasteiger partial charge in [-0.15, -0.1) is 0 Å². The second kappa shape index (κ2) is 4.63. The van der Waals surface area contributed by atoms with Gasteiger partial charge in [-0.3, -0.25) is 19.7 Å².